The summed E-state index contributed by atoms with van der Waals surface area (Å²) in [5.41, 5.74) is 15.2. The molecule has 10 aromatic rings. The van der Waals surface area contributed by atoms with Gasteiger partial charge in [0.25, 0.3) is 0 Å². The van der Waals surface area contributed by atoms with E-state index in [0.29, 0.717) is 0 Å². The third-order valence-electron chi connectivity index (χ3n) is 12.0. The first-order chi connectivity index (χ1) is 28.0. The van der Waals surface area contributed by atoms with Crippen molar-refractivity contribution in [2.24, 2.45) is 0 Å². The Labute approximate surface area is 332 Å². The molecule has 0 fully saturated rings. The number of anilines is 3. The van der Waals surface area contributed by atoms with E-state index in [1.165, 1.54) is 49.5 Å². The Morgan fingerprint density at radius 2 is 0.912 bits per heavy atom. The van der Waals surface area contributed by atoms with E-state index >= 15 is 0 Å². The van der Waals surface area contributed by atoms with Gasteiger partial charge in [0.1, 0.15) is 11.3 Å². The van der Waals surface area contributed by atoms with E-state index in [0.717, 1.165) is 55.9 Å². The first-order valence-electron chi connectivity index (χ1n) is 19.8. The third kappa shape index (κ3) is 5.25. The molecule has 0 amide bonds. The Balaban J connectivity index is 1.05. The molecule has 1 aliphatic rings. The minimum absolute atomic E-state index is 0.193. The van der Waals surface area contributed by atoms with Crippen LogP contribution in [0.5, 0.6) is 0 Å². The minimum Gasteiger partial charge on any atom is -0.455 e. The molecule has 0 unspecified atom stereocenters. The van der Waals surface area contributed by atoms with E-state index in [2.05, 4.69) is 219 Å². The van der Waals surface area contributed by atoms with E-state index in [1.807, 2.05) is 0 Å². The fourth-order valence-corrected chi connectivity index (χ4v) is 9.28. The van der Waals surface area contributed by atoms with Crippen molar-refractivity contribution in [1.29, 1.82) is 0 Å². The number of benzene rings is 9. The Hall–Kier alpha value is -7.16. The van der Waals surface area contributed by atoms with Gasteiger partial charge in [-0.15, -0.1) is 0 Å². The van der Waals surface area contributed by atoms with Crippen LogP contribution in [0.1, 0.15) is 25.0 Å². The summed E-state index contributed by atoms with van der Waals surface area (Å²) in [6, 6.07) is 72.3. The molecule has 1 heterocycles. The van der Waals surface area contributed by atoms with Gasteiger partial charge in [0.05, 0.1) is 0 Å². The Bertz CT molecular complexity index is 3090. The number of nitrogens with zero attached hydrogens (tertiary/aromatic N) is 1. The molecule has 9 aromatic carbocycles. The van der Waals surface area contributed by atoms with Gasteiger partial charge in [-0.2, -0.15) is 0 Å². The average Bonchev–Trinajstić information content (AvgIpc) is 3.78. The van der Waals surface area contributed by atoms with Crippen LogP contribution in [0.3, 0.4) is 0 Å². The quantitative estimate of drug-likeness (QED) is 0.158. The first-order valence-corrected chi connectivity index (χ1v) is 19.8. The van der Waals surface area contributed by atoms with E-state index in [-0.39, 0.29) is 5.41 Å². The number of hydrogen-bond acceptors (Lipinski definition) is 2. The summed E-state index contributed by atoms with van der Waals surface area (Å²) in [4.78, 5) is 2.35. The highest BCUT2D eigenvalue weighted by Crippen LogP contribution is 2.52. The van der Waals surface area contributed by atoms with E-state index in [1.54, 1.807) is 0 Å². The highest BCUT2D eigenvalue weighted by molar-refractivity contribution is 6.28. The van der Waals surface area contributed by atoms with Gasteiger partial charge in [-0.25, -0.2) is 0 Å². The van der Waals surface area contributed by atoms with Gasteiger partial charge in [-0.05, 0) is 110 Å². The molecular formula is C55H39NO. The van der Waals surface area contributed by atoms with Gasteiger partial charge in [0.2, 0.25) is 0 Å². The van der Waals surface area contributed by atoms with Crippen molar-refractivity contribution in [2.75, 3.05) is 4.90 Å². The summed E-state index contributed by atoms with van der Waals surface area (Å²) in [6.07, 6.45) is 0. The second kappa shape index (κ2) is 13.0. The molecule has 57 heavy (non-hydrogen) atoms. The number of furan rings is 1. The monoisotopic (exact) mass is 729 g/mol. The minimum atomic E-state index is -0.193. The zero-order chi connectivity index (χ0) is 38.1. The molecule has 0 saturated carbocycles. The SMILES string of the molecule is CC1(C)c2cc(-c3ccc4c(c3)c3ccccc3c3c(-c5ccccc5)c(-c5ccccc5)oc43)ccc2-c2ccc(N(c3ccccc3)c3ccccc3)cc21. The van der Waals surface area contributed by atoms with Crippen molar-refractivity contribution in [2.45, 2.75) is 19.3 Å². The maximum Gasteiger partial charge on any atom is 0.143 e. The van der Waals surface area contributed by atoms with E-state index in [9.17, 15) is 0 Å². The van der Waals surface area contributed by atoms with Crippen LogP contribution < -0.4 is 4.90 Å². The maximum atomic E-state index is 7.01. The van der Waals surface area contributed by atoms with Crippen molar-refractivity contribution in [3.05, 3.63) is 211 Å². The van der Waals surface area contributed by atoms with Gasteiger partial charge in [0, 0.05) is 44.4 Å². The zero-order valence-electron chi connectivity index (χ0n) is 31.9. The molecule has 0 aliphatic heterocycles. The highest BCUT2D eigenvalue weighted by atomic mass is 16.3. The lowest BCUT2D eigenvalue weighted by Gasteiger charge is -2.28. The first kappa shape index (κ1) is 33.2. The lowest BCUT2D eigenvalue weighted by Crippen LogP contribution is -2.16. The maximum absolute atomic E-state index is 7.01. The Morgan fingerprint density at radius 1 is 0.386 bits per heavy atom. The lowest BCUT2D eigenvalue weighted by molar-refractivity contribution is 0.636. The van der Waals surface area contributed by atoms with Gasteiger partial charge in [-0.1, -0.05) is 159 Å². The molecule has 1 aliphatic carbocycles. The Kier molecular flexibility index (Phi) is 7.55. The van der Waals surface area contributed by atoms with Crippen LogP contribution in [-0.2, 0) is 5.41 Å². The predicted octanol–water partition coefficient (Wildman–Crippen LogP) is 15.5. The number of rotatable bonds is 6. The molecule has 0 bridgehead atoms. The molecule has 2 nitrogen and oxygen atoms in total. The number of para-hydroxylation sites is 2. The van der Waals surface area contributed by atoms with Crippen LogP contribution in [0.2, 0.25) is 0 Å². The highest BCUT2D eigenvalue weighted by Gasteiger charge is 2.36. The van der Waals surface area contributed by atoms with E-state index in [4.69, 9.17) is 4.42 Å². The van der Waals surface area contributed by atoms with E-state index < -0.39 is 0 Å². The van der Waals surface area contributed by atoms with Crippen LogP contribution in [0, 0.1) is 0 Å². The summed E-state index contributed by atoms with van der Waals surface area (Å²) in [5.74, 6) is 0.901. The normalized spacial score (nSPS) is 12.9. The topological polar surface area (TPSA) is 16.4 Å². The van der Waals surface area contributed by atoms with Crippen molar-refractivity contribution < 1.29 is 4.42 Å². The second-order valence-corrected chi connectivity index (χ2v) is 15.7. The van der Waals surface area contributed by atoms with Crippen LogP contribution in [-0.4, -0.2) is 0 Å². The molecule has 2 heteroatoms. The fourth-order valence-electron chi connectivity index (χ4n) is 9.28. The van der Waals surface area contributed by atoms with Crippen LogP contribution in [0.4, 0.5) is 17.1 Å². The molecule has 270 valence electrons. The second-order valence-electron chi connectivity index (χ2n) is 15.7. The number of fused-ring (bicyclic) bond motifs is 9. The largest absolute Gasteiger partial charge is 0.455 e. The zero-order valence-corrected chi connectivity index (χ0v) is 31.9. The van der Waals surface area contributed by atoms with Crippen LogP contribution >= 0.6 is 0 Å². The predicted molar refractivity (Wildman–Crippen MR) is 240 cm³/mol. The van der Waals surface area contributed by atoms with Crippen molar-refractivity contribution in [3.63, 3.8) is 0 Å². The van der Waals surface area contributed by atoms with Gasteiger partial charge in [-0.3, -0.25) is 0 Å². The van der Waals surface area contributed by atoms with Crippen LogP contribution in [0.15, 0.2) is 205 Å². The molecule has 0 N–H and O–H groups in total. The number of hydrogen-bond donors (Lipinski definition) is 0. The molecular weight excluding hydrogens is 691 g/mol. The summed E-state index contributed by atoms with van der Waals surface area (Å²) < 4.78 is 7.01. The molecule has 0 atom stereocenters. The fraction of sp³-hybridized carbons (Fsp3) is 0.0545. The van der Waals surface area contributed by atoms with Gasteiger partial charge in [0.15, 0.2) is 0 Å². The summed E-state index contributed by atoms with van der Waals surface area (Å²) >= 11 is 0. The average molecular weight is 730 g/mol. The molecule has 1 aromatic heterocycles. The smallest absolute Gasteiger partial charge is 0.143 e. The van der Waals surface area contributed by atoms with Crippen molar-refractivity contribution >= 4 is 49.6 Å². The van der Waals surface area contributed by atoms with Crippen molar-refractivity contribution in [3.8, 4) is 44.7 Å². The molecule has 0 spiro atoms. The summed E-state index contributed by atoms with van der Waals surface area (Å²) in [5, 5.41) is 5.89. The Morgan fingerprint density at radius 3 is 1.58 bits per heavy atom. The van der Waals surface area contributed by atoms with Gasteiger partial charge >= 0.3 is 0 Å². The van der Waals surface area contributed by atoms with Crippen LogP contribution in [0.25, 0.3) is 77.2 Å². The molecule has 0 saturated heterocycles. The molecule has 11 rings (SSSR count). The summed E-state index contributed by atoms with van der Waals surface area (Å²) in [6.45, 7) is 4.74. The van der Waals surface area contributed by atoms with Crippen molar-refractivity contribution in [1.82, 2.24) is 0 Å². The standard InChI is InChI=1S/C55H39NO/c1-55(2)49-34-39(27-30-44(49)45-32-29-42(35-50(45)55)56(40-21-11-5-12-22-40)41-23-13-6-14-24-41)38-28-31-47-48(33-38)43-25-15-16-26-46(43)52-51(36-17-7-3-8-18-36)53(57-54(47)52)37-19-9-4-10-20-37/h3-35H,1-2H3. The van der Waals surface area contributed by atoms with Gasteiger partial charge < -0.3 is 9.32 Å². The lowest BCUT2D eigenvalue weighted by atomic mass is 9.81. The summed E-state index contributed by atoms with van der Waals surface area (Å²) in [7, 11) is 0. The molecule has 0 radical (unpaired) electrons. The third-order valence-corrected chi connectivity index (χ3v) is 12.0.